The first-order valence-corrected chi connectivity index (χ1v) is 23.5. The van der Waals surface area contributed by atoms with E-state index in [4.69, 9.17) is 15.2 Å². The molecule has 0 atom stereocenters. The minimum Gasteiger partial charge on any atom is -0.482 e. The molecule has 8 aromatic rings. The maximum atomic E-state index is 14.0. The summed E-state index contributed by atoms with van der Waals surface area (Å²) in [5.74, 6) is -0.880. The average molecular weight is 1130 g/mol. The third-order valence-corrected chi connectivity index (χ3v) is 11.8. The Morgan fingerprint density at radius 2 is 1.02 bits per heavy atom. The summed E-state index contributed by atoms with van der Waals surface area (Å²) < 4.78 is 120. The summed E-state index contributed by atoms with van der Waals surface area (Å²) in [7, 11) is 14.5. The van der Waals surface area contributed by atoms with Crippen LogP contribution >= 0.6 is 0 Å². The molecule has 0 saturated carbocycles. The van der Waals surface area contributed by atoms with Crippen molar-refractivity contribution in [2.75, 3.05) is 108 Å². The van der Waals surface area contributed by atoms with Gasteiger partial charge in [0.2, 0.25) is 11.9 Å². The molecule has 4 heterocycles. The van der Waals surface area contributed by atoms with E-state index in [1.54, 1.807) is 55.1 Å². The van der Waals surface area contributed by atoms with E-state index in [-0.39, 0.29) is 72.6 Å². The maximum Gasteiger partial charge on any atom is 0.422 e. The molecule has 0 amide bonds. The lowest BCUT2D eigenvalue weighted by Gasteiger charge is -2.25. The molecule has 0 bridgehead atoms. The summed E-state index contributed by atoms with van der Waals surface area (Å²) >= 11 is 0. The first-order valence-electron chi connectivity index (χ1n) is 23.5. The van der Waals surface area contributed by atoms with Gasteiger partial charge in [-0.25, -0.2) is 28.7 Å². The number of benzene rings is 4. The highest BCUT2D eigenvalue weighted by Gasteiger charge is 2.32. The fourth-order valence-corrected chi connectivity index (χ4v) is 7.92. The van der Waals surface area contributed by atoms with Gasteiger partial charge in [0.25, 0.3) is 5.69 Å². The Morgan fingerprint density at radius 3 is 1.44 bits per heavy atom. The molecule has 8 rings (SSSR count). The number of hydrogen-bond acceptors (Lipinski definition) is 17. The van der Waals surface area contributed by atoms with E-state index >= 15 is 0 Å². The van der Waals surface area contributed by atoms with Gasteiger partial charge in [0.1, 0.15) is 41.5 Å². The van der Waals surface area contributed by atoms with Crippen molar-refractivity contribution < 1.29 is 49.5 Å². The molecule has 4 aromatic carbocycles. The van der Waals surface area contributed by atoms with Crippen molar-refractivity contribution in [3.8, 4) is 34.3 Å². The number of nitrogen functional groups attached to an aromatic ring is 1. The van der Waals surface area contributed by atoms with E-state index in [1.165, 1.54) is 48.8 Å². The van der Waals surface area contributed by atoms with Gasteiger partial charge in [0.15, 0.2) is 24.9 Å². The largest absolute Gasteiger partial charge is 0.482 e. The number of alkyl halides is 6. The maximum absolute atomic E-state index is 14.0. The Bertz CT molecular complexity index is 3430. The monoisotopic (exact) mass is 1130 g/mol. The number of halogens is 8. The number of rotatable bonds is 19. The van der Waals surface area contributed by atoms with E-state index in [1.807, 2.05) is 54.5 Å². The molecular weight excluding hydrogens is 1060 g/mol. The van der Waals surface area contributed by atoms with E-state index < -0.39 is 42.1 Å². The number of aromatic nitrogens is 8. The second kappa shape index (κ2) is 25.9. The Kier molecular flexibility index (Phi) is 20.1. The van der Waals surface area contributed by atoms with Crippen molar-refractivity contribution in [3.05, 3.63) is 107 Å². The lowest BCUT2D eigenvalue weighted by molar-refractivity contribution is -0.384. The second-order valence-corrected chi connectivity index (χ2v) is 18.4. The first kappa shape index (κ1) is 62.2. The summed E-state index contributed by atoms with van der Waals surface area (Å²) in [5, 5.41) is 18.7. The quantitative estimate of drug-likeness (QED) is 0.0297. The van der Waals surface area contributed by atoms with Crippen LogP contribution in [0.25, 0.3) is 44.6 Å². The van der Waals surface area contributed by atoms with Crippen LogP contribution in [-0.2, 0) is 14.1 Å². The number of nitrogens with one attached hydrogen (secondary N) is 2. The molecule has 0 fully saturated rings. The van der Waals surface area contributed by atoms with Gasteiger partial charge < -0.3 is 54.6 Å². The van der Waals surface area contributed by atoms with Crippen LogP contribution in [0.5, 0.6) is 11.5 Å². The normalized spacial score (nSPS) is 11.5. The number of fused-ring (bicyclic) bond motifs is 2. The fraction of sp³-hybridized carbons (Fsp3) is 0.346. The summed E-state index contributed by atoms with van der Waals surface area (Å²) in [5.41, 5.74) is 9.38. The molecule has 0 saturated heterocycles. The molecule has 430 valence electrons. The molecule has 20 nitrogen and oxygen atoms in total. The van der Waals surface area contributed by atoms with Gasteiger partial charge in [-0.3, -0.25) is 10.1 Å². The first-order chi connectivity index (χ1) is 36.7. The van der Waals surface area contributed by atoms with E-state index in [2.05, 4.69) is 40.5 Å². The highest BCUT2D eigenvalue weighted by atomic mass is 19.4. The molecule has 0 aliphatic carbocycles. The Balaban J connectivity index is 0.000000287. The summed E-state index contributed by atoms with van der Waals surface area (Å²) in [6.07, 6.45) is -3.32. The minimum absolute atomic E-state index is 0. The predicted molar refractivity (Wildman–Crippen MR) is 294 cm³/mol. The zero-order valence-electron chi connectivity index (χ0n) is 43.4. The molecule has 28 heteroatoms. The summed E-state index contributed by atoms with van der Waals surface area (Å²) in [4.78, 5) is 43.8. The number of nitrogens with two attached hydrogens (primary N) is 1. The standard InChI is InChI=1S/C25H26F4N8O3.C25H28F4N8O.2CH4/c1-34(2)7-8-35(3)20-11-22(40-13-25(27,28)29)18(10-21(20)37(38)39)32-24-31-14-30-23(33-24)17-12-36(4)19-6-5-15(26)9-16(17)19;1-35(2)7-8-36(3)21-11-22(38-13-25(27,28)29)19(10-18(21)30)33-24-32-14-31-23(34-24)17-12-37(4)20-6-5-15(26)9-16(17)20;;/h5-6,9-12,14H,7-8,13H2,1-4H3,(H,30,31,32,33);5-6,9-12,14H,7-8,13,30H2,1-4H3,(H,31,32,33,34);2*1H4. The molecule has 4 N–H and O–H groups in total. The number of nitro groups is 1. The summed E-state index contributed by atoms with van der Waals surface area (Å²) in [6.45, 7) is -0.910. The number of ether oxygens (including phenoxy) is 2. The molecule has 4 aromatic heterocycles. The van der Waals surface area contributed by atoms with Crippen molar-refractivity contribution in [1.29, 1.82) is 0 Å². The van der Waals surface area contributed by atoms with Crippen molar-refractivity contribution in [2.45, 2.75) is 27.2 Å². The van der Waals surface area contributed by atoms with Crippen molar-refractivity contribution in [1.82, 2.24) is 48.8 Å². The van der Waals surface area contributed by atoms with Gasteiger partial charge >= 0.3 is 12.4 Å². The molecule has 0 radical (unpaired) electrons. The fourth-order valence-electron chi connectivity index (χ4n) is 7.92. The molecular formula is C52H62F8N16O4. The number of nitrogens with zero attached hydrogens (tertiary/aromatic N) is 13. The smallest absolute Gasteiger partial charge is 0.422 e. The average Bonchev–Trinajstić information content (AvgIpc) is 3.88. The van der Waals surface area contributed by atoms with Crippen LogP contribution in [0.4, 0.5) is 81.1 Å². The van der Waals surface area contributed by atoms with Gasteiger partial charge in [0, 0.05) is 118 Å². The molecule has 0 unspecified atom stereocenters. The number of anilines is 7. The predicted octanol–water partition coefficient (Wildman–Crippen LogP) is 10.5. The van der Waals surface area contributed by atoms with Crippen LogP contribution in [0.15, 0.2) is 85.7 Å². The van der Waals surface area contributed by atoms with Crippen LogP contribution in [-0.4, -0.2) is 148 Å². The zero-order chi connectivity index (χ0) is 56.8. The molecule has 0 spiro atoms. The van der Waals surface area contributed by atoms with Crippen LogP contribution in [0.3, 0.4) is 0 Å². The van der Waals surface area contributed by atoms with Crippen molar-refractivity contribution in [3.63, 3.8) is 0 Å². The molecule has 0 aliphatic rings. The number of likely N-dealkylation sites (N-methyl/N-ethyl adjacent to an activating group) is 4. The Labute approximate surface area is 456 Å². The van der Waals surface area contributed by atoms with Crippen molar-refractivity contribution >= 4 is 67.8 Å². The SMILES string of the molecule is C.C.CN(C)CCN(C)c1cc(OCC(F)(F)F)c(Nc2ncnc(-c3cn(C)c4ccc(F)cc34)n2)cc1N.CN(C)CCN(C)c1cc(OCC(F)(F)F)c(Nc2ncnc(-c3cn(C)c4ccc(F)cc34)n2)cc1[N+](=O)[O-]. The third-order valence-electron chi connectivity index (χ3n) is 11.8. The third kappa shape index (κ3) is 15.8. The van der Waals surface area contributed by atoms with Crippen LogP contribution < -0.4 is 35.6 Å². The van der Waals surface area contributed by atoms with Gasteiger partial charge in [-0.1, -0.05) is 14.9 Å². The van der Waals surface area contributed by atoms with E-state index in [0.717, 1.165) is 23.4 Å². The molecule has 0 aliphatic heterocycles. The Morgan fingerprint density at radius 1 is 0.613 bits per heavy atom. The molecule has 80 heavy (non-hydrogen) atoms. The van der Waals surface area contributed by atoms with Crippen LogP contribution in [0.2, 0.25) is 0 Å². The highest BCUT2D eigenvalue weighted by molar-refractivity contribution is 5.95. The van der Waals surface area contributed by atoms with Crippen LogP contribution in [0.1, 0.15) is 14.9 Å². The zero-order valence-corrected chi connectivity index (χ0v) is 43.4. The van der Waals surface area contributed by atoms with Gasteiger partial charge in [-0.15, -0.1) is 0 Å². The lowest BCUT2D eigenvalue weighted by atomic mass is 10.1. The minimum atomic E-state index is -4.65. The van der Waals surface area contributed by atoms with E-state index in [9.17, 15) is 45.2 Å². The highest BCUT2D eigenvalue weighted by Crippen LogP contribution is 2.41. The summed E-state index contributed by atoms with van der Waals surface area (Å²) in [6, 6.07) is 13.8. The lowest BCUT2D eigenvalue weighted by Crippen LogP contribution is -2.29. The second-order valence-electron chi connectivity index (χ2n) is 18.4. The van der Waals surface area contributed by atoms with Gasteiger partial charge in [0.05, 0.1) is 27.7 Å². The number of nitro benzene ring substituents is 1. The van der Waals surface area contributed by atoms with Crippen LogP contribution in [0, 0.1) is 21.7 Å². The topological polar surface area (TPSA) is 212 Å². The van der Waals surface area contributed by atoms with E-state index in [0.29, 0.717) is 59.5 Å². The Hall–Kier alpha value is -8.66. The van der Waals surface area contributed by atoms with Gasteiger partial charge in [-0.2, -0.15) is 36.3 Å². The number of hydrogen-bond donors (Lipinski definition) is 3. The number of aryl methyl sites for hydroxylation is 2. The van der Waals surface area contributed by atoms with Crippen molar-refractivity contribution in [2.24, 2.45) is 14.1 Å². The van der Waals surface area contributed by atoms with Gasteiger partial charge in [-0.05, 0) is 70.7 Å².